The van der Waals surface area contributed by atoms with Gasteiger partial charge in [0.2, 0.25) is 0 Å². The Kier molecular flexibility index (Phi) is 5.62. The van der Waals surface area contributed by atoms with Gasteiger partial charge in [0.1, 0.15) is 0 Å². The molecule has 2 heterocycles. The number of pyridine rings is 1. The first kappa shape index (κ1) is 13.5. The average molecular weight is 247 g/mol. The lowest BCUT2D eigenvalue weighted by atomic mass is 10.1. The molecule has 1 unspecified atom stereocenters. The van der Waals surface area contributed by atoms with Crippen LogP contribution in [0.3, 0.4) is 0 Å². The first-order valence-electron chi connectivity index (χ1n) is 7.16. The quantitative estimate of drug-likeness (QED) is 0.746. The zero-order valence-corrected chi connectivity index (χ0v) is 11.4. The van der Waals surface area contributed by atoms with E-state index >= 15 is 0 Å². The van der Waals surface area contributed by atoms with Crippen LogP contribution < -0.4 is 5.32 Å². The van der Waals surface area contributed by atoms with Crippen molar-refractivity contribution in [3.05, 3.63) is 30.1 Å². The molecule has 2 rings (SSSR count). The molecule has 0 bridgehead atoms. The zero-order valence-electron chi connectivity index (χ0n) is 11.4. The first-order chi connectivity index (χ1) is 8.84. The molecule has 1 N–H and O–H groups in total. The monoisotopic (exact) mass is 247 g/mol. The second-order valence-corrected chi connectivity index (χ2v) is 5.42. The molecule has 1 fully saturated rings. The van der Waals surface area contributed by atoms with Crippen LogP contribution in [0.15, 0.2) is 24.5 Å². The van der Waals surface area contributed by atoms with Gasteiger partial charge in [-0.2, -0.15) is 0 Å². The van der Waals surface area contributed by atoms with Crippen molar-refractivity contribution in [1.82, 2.24) is 15.2 Å². The van der Waals surface area contributed by atoms with Gasteiger partial charge in [0, 0.05) is 18.9 Å². The van der Waals surface area contributed by atoms with Gasteiger partial charge in [-0.1, -0.05) is 6.92 Å². The van der Waals surface area contributed by atoms with Crippen LogP contribution in [-0.2, 0) is 6.42 Å². The average Bonchev–Trinajstić information content (AvgIpc) is 2.89. The standard InChI is InChI=1S/C15H25N3/c1-14(13-18-10-2-3-11-18)12-17-9-6-15-4-7-16-8-5-15/h4-5,7-8,14,17H,2-3,6,9-13H2,1H3. The number of likely N-dealkylation sites (tertiary alicyclic amines) is 1. The third-order valence-corrected chi connectivity index (χ3v) is 3.60. The minimum atomic E-state index is 0.751. The number of hydrogen-bond acceptors (Lipinski definition) is 3. The third-order valence-electron chi connectivity index (χ3n) is 3.60. The molecule has 100 valence electrons. The fourth-order valence-corrected chi connectivity index (χ4v) is 2.60. The van der Waals surface area contributed by atoms with Crippen LogP contribution in [0.2, 0.25) is 0 Å². The van der Waals surface area contributed by atoms with E-state index in [1.165, 1.54) is 38.0 Å². The van der Waals surface area contributed by atoms with Crippen molar-refractivity contribution in [3.63, 3.8) is 0 Å². The van der Waals surface area contributed by atoms with Crippen LogP contribution >= 0.6 is 0 Å². The van der Waals surface area contributed by atoms with Crippen LogP contribution in [-0.4, -0.2) is 42.6 Å². The summed E-state index contributed by atoms with van der Waals surface area (Å²) in [6.45, 7) is 8.40. The molecule has 0 aromatic carbocycles. The van der Waals surface area contributed by atoms with Gasteiger partial charge in [-0.05, 0) is 69.1 Å². The number of nitrogens with one attached hydrogen (secondary N) is 1. The Morgan fingerprint density at radius 1 is 1.28 bits per heavy atom. The summed E-state index contributed by atoms with van der Waals surface area (Å²) >= 11 is 0. The molecule has 18 heavy (non-hydrogen) atoms. The molecular weight excluding hydrogens is 222 g/mol. The van der Waals surface area contributed by atoms with Gasteiger partial charge in [-0.15, -0.1) is 0 Å². The van der Waals surface area contributed by atoms with Gasteiger partial charge >= 0.3 is 0 Å². The summed E-state index contributed by atoms with van der Waals surface area (Å²) in [6.07, 6.45) is 7.61. The molecule has 0 amide bonds. The number of hydrogen-bond donors (Lipinski definition) is 1. The van der Waals surface area contributed by atoms with E-state index in [9.17, 15) is 0 Å². The molecule has 3 heteroatoms. The molecular formula is C15H25N3. The lowest BCUT2D eigenvalue weighted by Crippen LogP contribution is -2.32. The molecule has 0 aliphatic carbocycles. The fourth-order valence-electron chi connectivity index (χ4n) is 2.60. The van der Waals surface area contributed by atoms with E-state index in [0.717, 1.165) is 25.4 Å². The highest BCUT2D eigenvalue weighted by Gasteiger charge is 2.13. The predicted molar refractivity (Wildman–Crippen MR) is 75.6 cm³/mol. The second-order valence-electron chi connectivity index (χ2n) is 5.42. The van der Waals surface area contributed by atoms with E-state index in [-0.39, 0.29) is 0 Å². The maximum absolute atomic E-state index is 4.03. The molecule has 1 aliphatic heterocycles. The third kappa shape index (κ3) is 4.75. The van der Waals surface area contributed by atoms with E-state index in [0.29, 0.717) is 0 Å². The Bertz CT molecular complexity index is 320. The summed E-state index contributed by atoms with van der Waals surface area (Å²) in [5.74, 6) is 0.751. The summed E-state index contributed by atoms with van der Waals surface area (Å²) in [7, 11) is 0. The van der Waals surface area contributed by atoms with Crippen LogP contribution in [0.1, 0.15) is 25.3 Å². The smallest absolute Gasteiger partial charge is 0.0270 e. The SMILES string of the molecule is CC(CNCCc1ccncc1)CN1CCCC1. The van der Waals surface area contributed by atoms with Crippen molar-refractivity contribution >= 4 is 0 Å². The highest BCUT2D eigenvalue weighted by Crippen LogP contribution is 2.09. The maximum Gasteiger partial charge on any atom is 0.0270 e. The Morgan fingerprint density at radius 2 is 2.00 bits per heavy atom. The first-order valence-corrected chi connectivity index (χ1v) is 7.16. The maximum atomic E-state index is 4.03. The van der Waals surface area contributed by atoms with E-state index < -0.39 is 0 Å². The van der Waals surface area contributed by atoms with Crippen molar-refractivity contribution in [1.29, 1.82) is 0 Å². The molecule has 1 saturated heterocycles. The predicted octanol–water partition coefficient (Wildman–Crippen LogP) is 1.95. The Labute approximate surface area is 111 Å². The minimum absolute atomic E-state index is 0.751. The molecule has 0 spiro atoms. The summed E-state index contributed by atoms with van der Waals surface area (Å²) in [4.78, 5) is 6.63. The molecule has 0 radical (unpaired) electrons. The topological polar surface area (TPSA) is 28.2 Å². The highest BCUT2D eigenvalue weighted by molar-refractivity contribution is 5.09. The van der Waals surface area contributed by atoms with E-state index in [1.807, 2.05) is 12.4 Å². The summed E-state index contributed by atoms with van der Waals surface area (Å²) in [5.41, 5.74) is 1.37. The number of aromatic nitrogens is 1. The highest BCUT2D eigenvalue weighted by atomic mass is 15.1. The lowest BCUT2D eigenvalue weighted by molar-refractivity contribution is 0.283. The van der Waals surface area contributed by atoms with Gasteiger partial charge in [-0.3, -0.25) is 4.98 Å². The van der Waals surface area contributed by atoms with Crippen molar-refractivity contribution in [2.45, 2.75) is 26.2 Å². The fraction of sp³-hybridized carbons (Fsp3) is 0.667. The van der Waals surface area contributed by atoms with Crippen LogP contribution in [0.25, 0.3) is 0 Å². The van der Waals surface area contributed by atoms with Crippen molar-refractivity contribution in [2.75, 3.05) is 32.7 Å². The van der Waals surface area contributed by atoms with E-state index in [4.69, 9.17) is 0 Å². The second kappa shape index (κ2) is 7.49. The molecule has 3 nitrogen and oxygen atoms in total. The Hall–Kier alpha value is -0.930. The van der Waals surface area contributed by atoms with Gasteiger partial charge in [-0.25, -0.2) is 0 Å². The van der Waals surface area contributed by atoms with E-state index in [2.05, 4.69) is 34.3 Å². The van der Waals surface area contributed by atoms with Gasteiger partial charge in [0.05, 0.1) is 0 Å². The van der Waals surface area contributed by atoms with Gasteiger partial charge in [0.15, 0.2) is 0 Å². The van der Waals surface area contributed by atoms with E-state index in [1.54, 1.807) is 0 Å². The van der Waals surface area contributed by atoms with Gasteiger partial charge < -0.3 is 10.2 Å². The summed E-state index contributed by atoms with van der Waals surface area (Å²) in [6, 6.07) is 4.19. The molecule has 1 aliphatic rings. The van der Waals surface area contributed by atoms with Crippen LogP contribution in [0.5, 0.6) is 0 Å². The Morgan fingerprint density at radius 3 is 2.72 bits per heavy atom. The lowest BCUT2D eigenvalue weighted by Gasteiger charge is -2.20. The zero-order chi connectivity index (χ0) is 12.6. The largest absolute Gasteiger partial charge is 0.316 e. The number of rotatable bonds is 7. The van der Waals surface area contributed by atoms with Crippen molar-refractivity contribution in [3.8, 4) is 0 Å². The van der Waals surface area contributed by atoms with Crippen molar-refractivity contribution < 1.29 is 0 Å². The van der Waals surface area contributed by atoms with Gasteiger partial charge in [0.25, 0.3) is 0 Å². The van der Waals surface area contributed by atoms with Crippen molar-refractivity contribution in [2.24, 2.45) is 5.92 Å². The molecule has 1 aromatic rings. The summed E-state index contributed by atoms with van der Waals surface area (Å²) in [5, 5.41) is 3.56. The minimum Gasteiger partial charge on any atom is -0.316 e. The molecule has 1 aromatic heterocycles. The van der Waals surface area contributed by atoms with Crippen LogP contribution in [0.4, 0.5) is 0 Å². The number of nitrogens with zero attached hydrogens (tertiary/aromatic N) is 2. The Balaban J connectivity index is 1.54. The molecule has 1 atom stereocenters. The summed E-state index contributed by atoms with van der Waals surface area (Å²) < 4.78 is 0. The normalized spacial score (nSPS) is 18.1. The molecule has 0 saturated carbocycles. The van der Waals surface area contributed by atoms with Crippen LogP contribution in [0, 0.1) is 5.92 Å².